The number of carbonyl (C=O) groups excluding carboxylic acids is 1. The third-order valence-corrected chi connectivity index (χ3v) is 20.8. The van der Waals surface area contributed by atoms with Crippen molar-refractivity contribution in [3.05, 3.63) is 11.6 Å². The molecule has 0 radical (unpaired) electrons. The van der Waals surface area contributed by atoms with E-state index in [2.05, 4.69) is 19.9 Å². The lowest BCUT2D eigenvalue weighted by Gasteiger charge is -2.60. The van der Waals surface area contributed by atoms with Gasteiger partial charge in [-0.25, -0.2) is 4.18 Å². The first-order valence-electron chi connectivity index (χ1n) is 29.9. The first-order chi connectivity index (χ1) is 39.7. The fourth-order valence-corrected chi connectivity index (χ4v) is 16.3. The predicted molar refractivity (Wildman–Crippen MR) is 286 cm³/mol. The molecule has 9 rings (SSSR count). The molecule has 490 valence electrons. The zero-order valence-electron chi connectivity index (χ0n) is 49.1. The van der Waals surface area contributed by atoms with Crippen LogP contribution in [0.2, 0.25) is 0 Å². The van der Waals surface area contributed by atoms with Crippen molar-refractivity contribution in [3.8, 4) is 0 Å². The van der Waals surface area contributed by atoms with Crippen molar-refractivity contribution < 1.29 is 136 Å². The molecule has 0 amide bonds. The number of aliphatic hydroxyl groups excluding tert-OH is 12. The molecule has 29 heteroatoms. The first-order valence-corrected chi connectivity index (χ1v) is 31.3. The number of allylic oxidation sites excluding steroid dienone is 2. The maximum atomic E-state index is 13.2. The summed E-state index contributed by atoms with van der Waals surface area (Å²) >= 11 is 0. The smallest absolute Gasteiger partial charge is 0.394 e. The van der Waals surface area contributed by atoms with E-state index in [0.717, 1.165) is 12.0 Å². The van der Waals surface area contributed by atoms with Crippen LogP contribution in [-0.4, -0.2) is 264 Å². The molecule has 4 aliphatic carbocycles. The second-order valence-corrected chi connectivity index (χ2v) is 27.7. The Kier molecular flexibility index (Phi) is 20.8. The summed E-state index contributed by atoms with van der Waals surface area (Å²) in [7, 11) is -4.88. The van der Waals surface area contributed by atoms with Gasteiger partial charge >= 0.3 is 10.4 Å². The summed E-state index contributed by atoms with van der Waals surface area (Å²) in [6, 6.07) is 0. The largest absolute Gasteiger partial charge is 0.397 e. The lowest BCUT2D eigenvalue weighted by molar-refractivity contribution is -0.398. The van der Waals surface area contributed by atoms with Crippen LogP contribution in [0.3, 0.4) is 0 Å². The molecule has 3 saturated carbocycles. The lowest BCUT2D eigenvalue weighted by Crippen LogP contribution is -2.67. The molecule has 28 nitrogen and oxygen atoms in total. The maximum Gasteiger partial charge on any atom is 0.397 e. The van der Waals surface area contributed by atoms with Crippen LogP contribution in [0.1, 0.15) is 113 Å². The van der Waals surface area contributed by atoms with Crippen molar-refractivity contribution in [2.45, 2.75) is 278 Å². The highest BCUT2D eigenvalue weighted by Crippen LogP contribution is 2.67. The molecule has 5 saturated heterocycles. The monoisotopic (exact) mass is 1240 g/mol. The van der Waals surface area contributed by atoms with Crippen LogP contribution in [0, 0.1) is 40.4 Å². The SMILES string of the molecule is CC(C)CC(=O)CC(C)(O)[C@H]1CCC2C3C[C@H](O[C@@H]4O[C@H](C)[C@@H](O)[C@H](O[C@@H]5OC[C@@H](O[C@@H]6O[C@H](CO)[C@H](O)[C@H](O)[C@H]6O[C@@H]6O[C@H](C)[C@H](O)[C@H](O)[C@H]6O)[C@H](O)[C@H]5O[C@@H]5O[C@H](C)[C@@H](O)[C@H](O)[C@H]5O)[C@H]4O)C4C[C@@H](OS(=O)(=O)O)CC[C@]4(C)C3=CC[C@@]21C. The van der Waals surface area contributed by atoms with E-state index in [0.29, 0.717) is 32.1 Å². The number of hydrogen-bond acceptors (Lipinski definition) is 27. The minimum atomic E-state index is -4.88. The fourth-order valence-electron chi connectivity index (χ4n) is 15.8. The van der Waals surface area contributed by atoms with Gasteiger partial charge in [-0.1, -0.05) is 39.3 Å². The highest BCUT2D eigenvalue weighted by molar-refractivity contribution is 7.80. The quantitative estimate of drug-likeness (QED) is 0.0491. The molecule has 4 unspecified atom stereocenters. The Morgan fingerprint density at radius 3 is 1.78 bits per heavy atom. The van der Waals surface area contributed by atoms with Gasteiger partial charge in [0.1, 0.15) is 103 Å². The van der Waals surface area contributed by atoms with E-state index in [9.17, 15) is 84.1 Å². The van der Waals surface area contributed by atoms with Crippen molar-refractivity contribution in [1.29, 1.82) is 0 Å². The van der Waals surface area contributed by atoms with Crippen molar-refractivity contribution in [2.75, 3.05) is 13.2 Å². The van der Waals surface area contributed by atoms with Gasteiger partial charge in [0.05, 0.1) is 49.3 Å². The van der Waals surface area contributed by atoms with Crippen LogP contribution in [0.15, 0.2) is 11.6 Å². The molecule has 0 aromatic carbocycles. The highest BCUT2D eigenvalue weighted by atomic mass is 32.3. The first kappa shape index (κ1) is 67.7. The number of ketones is 1. The number of rotatable bonds is 18. The molecule has 5 heterocycles. The summed E-state index contributed by atoms with van der Waals surface area (Å²) in [5, 5.41) is 145. The molecule has 0 bridgehead atoms. The van der Waals surface area contributed by atoms with E-state index in [1.54, 1.807) is 6.92 Å². The second-order valence-electron chi connectivity index (χ2n) is 26.7. The van der Waals surface area contributed by atoms with E-state index >= 15 is 0 Å². The Hall–Kier alpha value is -1.64. The van der Waals surface area contributed by atoms with Crippen LogP contribution in [0.5, 0.6) is 0 Å². The number of fused-ring (bicyclic) bond motifs is 5. The fraction of sp³-hybridized carbons (Fsp3) is 0.946. The van der Waals surface area contributed by atoms with Gasteiger partial charge in [-0.05, 0) is 113 Å². The molecule has 5 aliphatic heterocycles. The van der Waals surface area contributed by atoms with Gasteiger partial charge in [0, 0.05) is 12.8 Å². The average Bonchev–Trinajstić information content (AvgIpc) is 1.71. The number of ether oxygens (including phenoxy) is 10. The van der Waals surface area contributed by atoms with E-state index in [1.165, 1.54) is 20.8 Å². The Labute approximate surface area is 494 Å². The molecule has 33 atom stereocenters. The molecule has 0 spiro atoms. The average molecular weight is 1250 g/mol. The summed E-state index contributed by atoms with van der Waals surface area (Å²) in [6.45, 7) is 12.6. The van der Waals surface area contributed by atoms with Crippen molar-refractivity contribution in [3.63, 3.8) is 0 Å². The summed E-state index contributed by atoms with van der Waals surface area (Å²) in [5.74, 6) is -0.799. The topological polar surface area (TPSA) is 436 Å². The Balaban J connectivity index is 0.982. The van der Waals surface area contributed by atoms with Gasteiger partial charge < -0.3 is 114 Å². The number of carbonyl (C=O) groups is 1. The third-order valence-electron chi connectivity index (χ3n) is 20.3. The van der Waals surface area contributed by atoms with E-state index in [-0.39, 0.29) is 48.7 Å². The van der Waals surface area contributed by atoms with E-state index < -0.39 is 206 Å². The van der Waals surface area contributed by atoms with Gasteiger partial charge in [-0.3, -0.25) is 9.35 Å². The summed E-state index contributed by atoms with van der Waals surface area (Å²) in [6.07, 6.45) is -37.1. The lowest BCUT2D eigenvalue weighted by atomic mass is 9.47. The third kappa shape index (κ3) is 13.5. The minimum Gasteiger partial charge on any atom is -0.394 e. The molecule has 85 heavy (non-hydrogen) atoms. The normalized spacial score (nSPS) is 51.3. The number of aliphatic hydroxyl groups is 13. The molecule has 14 N–H and O–H groups in total. The summed E-state index contributed by atoms with van der Waals surface area (Å²) in [4.78, 5) is 13.2. The molecular formula is C56H92O28S. The van der Waals surface area contributed by atoms with Gasteiger partial charge in [-0.15, -0.1) is 0 Å². The van der Waals surface area contributed by atoms with Crippen LogP contribution >= 0.6 is 0 Å². The molecule has 8 fully saturated rings. The van der Waals surface area contributed by atoms with Crippen LogP contribution < -0.4 is 0 Å². The molecule has 0 aromatic rings. The number of hydrogen-bond donors (Lipinski definition) is 14. The molecule has 9 aliphatic rings. The zero-order valence-corrected chi connectivity index (χ0v) is 50.0. The van der Waals surface area contributed by atoms with Crippen molar-refractivity contribution in [2.24, 2.45) is 40.4 Å². The molecular weight excluding hydrogens is 1150 g/mol. The van der Waals surface area contributed by atoms with Crippen molar-refractivity contribution >= 4 is 16.2 Å². The van der Waals surface area contributed by atoms with Crippen molar-refractivity contribution in [1.82, 2.24) is 0 Å². The Morgan fingerprint density at radius 2 is 1.20 bits per heavy atom. The predicted octanol–water partition coefficient (Wildman–Crippen LogP) is -2.68. The highest BCUT2D eigenvalue weighted by Gasteiger charge is 2.64. The molecule has 0 aromatic heterocycles. The Morgan fingerprint density at radius 1 is 0.647 bits per heavy atom. The minimum absolute atomic E-state index is 0.00462. The number of Topliss-reactive ketones (excluding diaryl/α,β-unsaturated/α-hetero) is 1. The Bertz CT molecular complexity index is 2420. The van der Waals surface area contributed by atoms with Gasteiger partial charge in [-0.2, -0.15) is 8.42 Å². The van der Waals surface area contributed by atoms with E-state index in [4.69, 9.17) is 51.6 Å². The summed E-state index contributed by atoms with van der Waals surface area (Å²) < 4.78 is 100. The van der Waals surface area contributed by atoms with Crippen LogP contribution in [0.4, 0.5) is 0 Å². The zero-order chi connectivity index (χ0) is 62.3. The van der Waals surface area contributed by atoms with Gasteiger partial charge in [0.15, 0.2) is 31.5 Å². The standard InChI is InChI=1S/C56H92O28S/c1-21(2)15-25(58)18-56(8,70)34-10-9-28-27-17-31(30-16-26(84-85(71,72)73)11-13-54(30,6)29(27)12-14-55(28,34)7)78-51-45(69)46(37(61)24(5)77-51)81-52-47(82-49-43(67)40(64)35(59)22(3)75-49)39(63)33(20-74-52)80-53-48(42(66)38(62)32(19-57)79-53)83-50-44(68)41(65)36(60)23(4)76-50/h12,21-24,26-28,30-53,57,59-70H,9-11,13-20H2,1-8H3,(H,71,72,73)/t22-,23-,24-,26+,27?,28?,30?,31+,32-,33-,34+,35-,36+,37-,38+,39+,40+,41+,42+,43-,44-,45-,46+,47-,48-,49+,50+,51+,52+,53+,54-,55+,56?/m1/s1. The van der Waals surface area contributed by atoms with Crippen LogP contribution in [0.25, 0.3) is 0 Å². The maximum absolute atomic E-state index is 13.2. The van der Waals surface area contributed by atoms with E-state index in [1.807, 2.05) is 13.8 Å². The van der Waals surface area contributed by atoms with Gasteiger partial charge in [0.25, 0.3) is 0 Å². The van der Waals surface area contributed by atoms with Gasteiger partial charge in [0.2, 0.25) is 0 Å². The van der Waals surface area contributed by atoms with Crippen LogP contribution in [-0.2, 0) is 66.7 Å². The summed E-state index contributed by atoms with van der Waals surface area (Å²) in [5.41, 5.74) is -1.26. The second kappa shape index (κ2) is 26.2.